The quantitative estimate of drug-likeness (QED) is 0.865. The monoisotopic (exact) mass is 355 g/mol. The molecule has 1 aliphatic rings. The molecule has 0 saturated carbocycles. The number of hydrogen-bond acceptors (Lipinski definition) is 4. The number of carbonyl (C=O) groups is 2. The molecule has 7 heteroatoms. The first kappa shape index (κ1) is 17.6. The lowest BCUT2D eigenvalue weighted by Gasteiger charge is -2.19. The SMILES string of the molecule is COc1ccc(NC(=O)CN2CCN(c3ccccc3)C2=O)c(OC)c1. The van der Waals surface area contributed by atoms with Gasteiger partial charge in [-0.2, -0.15) is 0 Å². The van der Waals surface area contributed by atoms with Gasteiger partial charge in [0.05, 0.1) is 19.9 Å². The summed E-state index contributed by atoms with van der Waals surface area (Å²) in [7, 11) is 3.08. The average Bonchev–Trinajstić information content (AvgIpc) is 3.03. The highest BCUT2D eigenvalue weighted by atomic mass is 16.5. The van der Waals surface area contributed by atoms with Crippen LogP contribution in [0.2, 0.25) is 0 Å². The summed E-state index contributed by atoms with van der Waals surface area (Å²) < 4.78 is 10.4. The first-order valence-corrected chi connectivity index (χ1v) is 8.25. The van der Waals surface area contributed by atoms with Crippen molar-refractivity contribution in [1.82, 2.24) is 4.90 Å². The molecule has 0 atom stereocenters. The molecule has 0 bridgehead atoms. The van der Waals surface area contributed by atoms with E-state index in [1.807, 2.05) is 30.3 Å². The van der Waals surface area contributed by atoms with E-state index in [0.29, 0.717) is 30.3 Å². The summed E-state index contributed by atoms with van der Waals surface area (Å²) in [6, 6.07) is 14.4. The molecule has 7 nitrogen and oxygen atoms in total. The van der Waals surface area contributed by atoms with Crippen molar-refractivity contribution >= 4 is 23.3 Å². The van der Waals surface area contributed by atoms with Gasteiger partial charge in [0.25, 0.3) is 0 Å². The molecule has 1 saturated heterocycles. The summed E-state index contributed by atoms with van der Waals surface area (Å²) in [6.07, 6.45) is 0. The Kier molecular flexibility index (Phi) is 5.26. The van der Waals surface area contributed by atoms with Crippen molar-refractivity contribution in [2.24, 2.45) is 0 Å². The van der Waals surface area contributed by atoms with Crippen LogP contribution in [0.25, 0.3) is 0 Å². The number of urea groups is 1. The summed E-state index contributed by atoms with van der Waals surface area (Å²) in [4.78, 5) is 28.1. The molecular weight excluding hydrogens is 334 g/mol. The van der Waals surface area contributed by atoms with Crippen LogP contribution < -0.4 is 19.7 Å². The van der Waals surface area contributed by atoms with E-state index in [1.165, 1.54) is 12.0 Å². The van der Waals surface area contributed by atoms with Crippen LogP contribution in [0.1, 0.15) is 0 Å². The zero-order valence-corrected chi connectivity index (χ0v) is 14.8. The fourth-order valence-electron chi connectivity index (χ4n) is 2.84. The van der Waals surface area contributed by atoms with E-state index < -0.39 is 0 Å². The minimum absolute atomic E-state index is 0.0165. The summed E-state index contributed by atoms with van der Waals surface area (Å²) in [5.41, 5.74) is 1.36. The predicted octanol–water partition coefficient (Wildman–Crippen LogP) is 2.58. The lowest BCUT2D eigenvalue weighted by molar-refractivity contribution is -0.116. The summed E-state index contributed by atoms with van der Waals surface area (Å²) in [5.74, 6) is 0.848. The third kappa shape index (κ3) is 3.72. The predicted molar refractivity (Wildman–Crippen MR) is 98.9 cm³/mol. The molecule has 0 unspecified atom stereocenters. The second-order valence-corrected chi connectivity index (χ2v) is 5.81. The van der Waals surface area contributed by atoms with E-state index in [2.05, 4.69) is 5.32 Å². The molecule has 26 heavy (non-hydrogen) atoms. The Bertz CT molecular complexity index is 795. The van der Waals surface area contributed by atoms with E-state index in [0.717, 1.165) is 5.69 Å². The van der Waals surface area contributed by atoms with Gasteiger partial charge in [-0.15, -0.1) is 0 Å². The summed E-state index contributed by atoms with van der Waals surface area (Å²) >= 11 is 0. The Morgan fingerprint density at radius 1 is 1.08 bits per heavy atom. The molecule has 136 valence electrons. The molecule has 2 aromatic rings. The van der Waals surface area contributed by atoms with Crippen LogP contribution in [-0.2, 0) is 4.79 Å². The van der Waals surface area contributed by atoms with Crippen LogP contribution in [0, 0.1) is 0 Å². The number of nitrogens with zero attached hydrogens (tertiary/aromatic N) is 2. The van der Waals surface area contributed by atoms with Crippen molar-refractivity contribution in [3.8, 4) is 11.5 Å². The standard InChI is InChI=1S/C19H21N3O4/c1-25-15-8-9-16(17(12-15)26-2)20-18(23)13-21-10-11-22(19(21)24)14-6-4-3-5-7-14/h3-9,12H,10-11,13H2,1-2H3,(H,20,23). The van der Waals surface area contributed by atoms with Gasteiger partial charge in [-0.1, -0.05) is 18.2 Å². The smallest absolute Gasteiger partial charge is 0.325 e. The zero-order valence-electron chi connectivity index (χ0n) is 14.8. The number of rotatable bonds is 6. The van der Waals surface area contributed by atoms with Crippen molar-refractivity contribution in [1.29, 1.82) is 0 Å². The molecule has 1 heterocycles. The van der Waals surface area contributed by atoms with Crippen LogP contribution in [-0.4, -0.2) is 50.7 Å². The minimum Gasteiger partial charge on any atom is -0.497 e. The van der Waals surface area contributed by atoms with Gasteiger partial charge in [0, 0.05) is 24.8 Å². The van der Waals surface area contributed by atoms with Crippen LogP contribution in [0.15, 0.2) is 48.5 Å². The highest BCUT2D eigenvalue weighted by Crippen LogP contribution is 2.29. The maximum atomic E-state index is 12.5. The Balaban J connectivity index is 1.63. The third-order valence-electron chi connectivity index (χ3n) is 4.18. The van der Waals surface area contributed by atoms with Gasteiger partial charge in [-0.3, -0.25) is 9.69 Å². The zero-order chi connectivity index (χ0) is 18.5. The van der Waals surface area contributed by atoms with Gasteiger partial charge in [0.2, 0.25) is 5.91 Å². The van der Waals surface area contributed by atoms with Gasteiger partial charge in [-0.05, 0) is 24.3 Å². The van der Waals surface area contributed by atoms with Crippen LogP contribution >= 0.6 is 0 Å². The number of nitrogens with one attached hydrogen (secondary N) is 1. The maximum absolute atomic E-state index is 12.5. The van der Waals surface area contributed by atoms with E-state index in [-0.39, 0.29) is 18.5 Å². The Labute approximate surface area is 152 Å². The number of amides is 3. The molecule has 1 aliphatic heterocycles. The van der Waals surface area contributed by atoms with Gasteiger partial charge in [-0.25, -0.2) is 4.79 Å². The first-order chi connectivity index (χ1) is 12.6. The van der Waals surface area contributed by atoms with Crippen LogP contribution in [0.3, 0.4) is 0 Å². The molecular formula is C19H21N3O4. The molecule has 0 aliphatic carbocycles. The second kappa shape index (κ2) is 7.77. The van der Waals surface area contributed by atoms with Crippen molar-refractivity contribution in [2.45, 2.75) is 0 Å². The topological polar surface area (TPSA) is 71.1 Å². The minimum atomic E-state index is -0.281. The van der Waals surface area contributed by atoms with Crippen molar-refractivity contribution in [2.75, 3.05) is 44.1 Å². The molecule has 3 rings (SSSR count). The van der Waals surface area contributed by atoms with Crippen LogP contribution in [0.4, 0.5) is 16.2 Å². The Hall–Kier alpha value is -3.22. The molecule has 1 fully saturated rings. The normalized spacial score (nSPS) is 13.7. The average molecular weight is 355 g/mol. The number of hydrogen-bond donors (Lipinski definition) is 1. The largest absolute Gasteiger partial charge is 0.497 e. The van der Waals surface area contributed by atoms with E-state index in [4.69, 9.17) is 9.47 Å². The summed E-state index contributed by atoms with van der Waals surface area (Å²) in [5, 5.41) is 2.78. The molecule has 0 aromatic heterocycles. The van der Waals surface area contributed by atoms with E-state index >= 15 is 0 Å². The van der Waals surface area contributed by atoms with Crippen LogP contribution in [0.5, 0.6) is 11.5 Å². The number of carbonyl (C=O) groups excluding carboxylic acids is 2. The van der Waals surface area contributed by atoms with Crippen molar-refractivity contribution in [3.05, 3.63) is 48.5 Å². The number of ether oxygens (including phenoxy) is 2. The van der Waals surface area contributed by atoms with Crippen molar-refractivity contribution in [3.63, 3.8) is 0 Å². The summed E-state index contributed by atoms with van der Waals surface area (Å²) in [6.45, 7) is 1.04. The number of methoxy groups -OCH3 is 2. The number of benzene rings is 2. The van der Waals surface area contributed by atoms with Gasteiger partial charge in [0.15, 0.2) is 0 Å². The maximum Gasteiger partial charge on any atom is 0.325 e. The van der Waals surface area contributed by atoms with Gasteiger partial charge < -0.3 is 19.7 Å². The second-order valence-electron chi connectivity index (χ2n) is 5.81. The number of anilines is 2. The molecule has 1 N–H and O–H groups in total. The molecule has 2 aromatic carbocycles. The highest BCUT2D eigenvalue weighted by molar-refractivity contribution is 5.99. The van der Waals surface area contributed by atoms with E-state index in [9.17, 15) is 9.59 Å². The van der Waals surface area contributed by atoms with Gasteiger partial charge in [0.1, 0.15) is 18.0 Å². The Morgan fingerprint density at radius 3 is 2.54 bits per heavy atom. The lowest BCUT2D eigenvalue weighted by Crippen LogP contribution is -2.37. The van der Waals surface area contributed by atoms with Crippen molar-refractivity contribution < 1.29 is 19.1 Å². The highest BCUT2D eigenvalue weighted by Gasteiger charge is 2.30. The molecule has 0 spiro atoms. The van der Waals surface area contributed by atoms with Gasteiger partial charge >= 0.3 is 6.03 Å². The lowest BCUT2D eigenvalue weighted by atomic mass is 10.2. The number of para-hydroxylation sites is 1. The third-order valence-corrected chi connectivity index (χ3v) is 4.18. The molecule has 3 amide bonds. The Morgan fingerprint density at radius 2 is 1.85 bits per heavy atom. The van der Waals surface area contributed by atoms with E-state index in [1.54, 1.807) is 30.2 Å². The fraction of sp³-hybridized carbons (Fsp3) is 0.263. The fourth-order valence-corrected chi connectivity index (χ4v) is 2.84. The molecule has 0 radical (unpaired) electrons. The first-order valence-electron chi connectivity index (χ1n) is 8.25.